The normalized spacial score (nSPS) is 18.9. The quantitative estimate of drug-likeness (QED) is 0.802. The van der Waals surface area contributed by atoms with Gasteiger partial charge in [-0.05, 0) is 43.4 Å². The summed E-state index contributed by atoms with van der Waals surface area (Å²) in [5.74, 6) is 0. The minimum atomic E-state index is 1.10. The number of nitrogens with zero attached hydrogens (tertiary/aromatic N) is 1. The first-order valence-electron chi connectivity index (χ1n) is 7.05. The van der Waals surface area contributed by atoms with Crippen LogP contribution in [0.4, 0.5) is 5.69 Å². The molecule has 2 nitrogen and oxygen atoms in total. The summed E-state index contributed by atoms with van der Waals surface area (Å²) in [6.07, 6.45) is 3.88. The number of aryl methyl sites for hydroxylation is 1. The van der Waals surface area contributed by atoms with Gasteiger partial charge in [-0.3, -0.25) is 0 Å². The van der Waals surface area contributed by atoms with Crippen molar-refractivity contribution >= 4 is 5.69 Å². The molecule has 0 unspecified atom stereocenters. The smallest absolute Gasteiger partial charge is 0.0401 e. The highest BCUT2D eigenvalue weighted by molar-refractivity contribution is 5.55. The monoisotopic (exact) mass is 242 g/mol. The fourth-order valence-corrected chi connectivity index (χ4v) is 2.88. The highest BCUT2D eigenvalue weighted by atomic mass is 15.1. The number of anilines is 1. The zero-order valence-electron chi connectivity index (χ0n) is 11.2. The maximum Gasteiger partial charge on any atom is 0.0401 e. The van der Waals surface area contributed by atoms with Crippen LogP contribution in [0.15, 0.2) is 35.4 Å². The lowest BCUT2D eigenvalue weighted by Gasteiger charge is -2.29. The number of para-hydroxylation sites is 1. The molecule has 0 aliphatic carbocycles. The molecule has 0 amide bonds. The lowest BCUT2D eigenvalue weighted by molar-refractivity contribution is 0.648. The van der Waals surface area contributed by atoms with Crippen LogP contribution in [-0.2, 0) is 6.42 Å². The molecule has 18 heavy (non-hydrogen) atoms. The molecule has 96 valence electrons. The van der Waals surface area contributed by atoms with Crippen LogP contribution < -0.4 is 10.2 Å². The van der Waals surface area contributed by atoms with Crippen molar-refractivity contribution in [2.75, 3.05) is 31.1 Å². The number of hydrogen-bond donors (Lipinski definition) is 1. The third-order valence-electron chi connectivity index (χ3n) is 4.16. The van der Waals surface area contributed by atoms with Crippen LogP contribution >= 0.6 is 0 Å². The van der Waals surface area contributed by atoms with Crippen molar-refractivity contribution in [2.24, 2.45) is 0 Å². The topological polar surface area (TPSA) is 15.3 Å². The number of fused-ring (bicyclic) bond motifs is 1. The van der Waals surface area contributed by atoms with E-state index < -0.39 is 0 Å². The van der Waals surface area contributed by atoms with Gasteiger partial charge in [0.15, 0.2) is 0 Å². The van der Waals surface area contributed by atoms with Gasteiger partial charge in [0.2, 0.25) is 0 Å². The zero-order chi connectivity index (χ0) is 12.4. The summed E-state index contributed by atoms with van der Waals surface area (Å²) in [6, 6.07) is 8.92. The average Bonchev–Trinajstić information content (AvgIpc) is 2.50. The van der Waals surface area contributed by atoms with Crippen LogP contribution in [0.25, 0.3) is 0 Å². The summed E-state index contributed by atoms with van der Waals surface area (Å²) in [5.41, 5.74) is 6.16. The Kier molecular flexibility index (Phi) is 3.37. The van der Waals surface area contributed by atoms with Crippen LogP contribution in [-0.4, -0.2) is 26.2 Å². The predicted octanol–water partition coefficient (Wildman–Crippen LogP) is 2.75. The summed E-state index contributed by atoms with van der Waals surface area (Å²) in [7, 11) is 0. The van der Waals surface area contributed by atoms with Gasteiger partial charge in [-0.1, -0.05) is 23.8 Å². The van der Waals surface area contributed by atoms with Crippen molar-refractivity contribution in [3.8, 4) is 0 Å². The zero-order valence-corrected chi connectivity index (χ0v) is 11.2. The van der Waals surface area contributed by atoms with Gasteiger partial charge < -0.3 is 10.2 Å². The first-order chi connectivity index (χ1) is 8.84. The molecule has 0 saturated carbocycles. The Hall–Kier alpha value is -1.28. The largest absolute Gasteiger partial charge is 0.367 e. The molecule has 0 spiro atoms. The molecular formula is C16H22N2. The molecule has 2 heteroatoms. The second-order valence-corrected chi connectivity index (χ2v) is 5.49. The van der Waals surface area contributed by atoms with Crippen LogP contribution in [0, 0.1) is 0 Å². The van der Waals surface area contributed by atoms with E-state index in [0.717, 1.165) is 19.6 Å². The second-order valence-electron chi connectivity index (χ2n) is 5.49. The van der Waals surface area contributed by atoms with Crippen LogP contribution in [0.5, 0.6) is 0 Å². The average molecular weight is 242 g/mol. The summed E-state index contributed by atoms with van der Waals surface area (Å²) < 4.78 is 0. The van der Waals surface area contributed by atoms with E-state index in [-0.39, 0.29) is 0 Å². The Morgan fingerprint density at radius 2 is 2.06 bits per heavy atom. The van der Waals surface area contributed by atoms with E-state index in [2.05, 4.69) is 41.4 Å². The molecule has 0 radical (unpaired) electrons. The van der Waals surface area contributed by atoms with Crippen molar-refractivity contribution < 1.29 is 0 Å². The minimum absolute atomic E-state index is 1.10. The van der Waals surface area contributed by atoms with E-state index in [1.54, 1.807) is 11.1 Å². The van der Waals surface area contributed by atoms with Gasteiger partial charge in [-0.2, -0.15) is 0 Å². The van der Waals surface area contributed by atoms with Gasteiger partial charge in [-0.25, -0.2) is 0 Å². The van der Waals surface area contributed by atoms with Gasteiger partial charge in [0, 0.05) is 31.9 Å². The van der Waals surface area contributed by atoms with E-state index in [9.17, 15) is 0 Å². The van der Waals surface area contributed by atoms with Crippen LogP contribution in [0.3, 0.4) is 0 Å². The Bertz CT molecular complexity index is 456. The summed E-state index contributed by atoms with van der Waals surface area (Å²) >= 11 is 0. The SMILES string of the molecule is CC(CN1CCCCc2ccccc21)=C1CNC1. The number of nitrogens with one attached hydrogen (secondary N) is 1. The molecule has 1 saturated heterocycles. The van der Waals surface area contributed by atoms with Crippen LogP contribution in [0.1, 0.15) is 25.3 Å². The van der Waals surface area contributed by atoms with Gasteiger partial charge in [0.1, 0.15) is 0 Å². The molecule has 1 aromatic carbocycles. The van der Waals surface area contributed by atoms with E-state index in [1.807, 2.05) is 0 Å². The molecule has 2 heterocycles. The summed E-state index contributed by atoms with van der Waals surface area (Å²) in [5, 5.41) is 3.33. The number of benzene rings is 1. The molecule has 0 aromatic heterocycles. The van der Waals surface area contributed by atoms with E-state index in [0.29, 0.717) is 0 Å². The molecule has 0 bridgehead atoms. The Morgan fingerprint density at radius 1 is 1.22 bits per heavy atom. The van der Waals surface area contributed by atoms with Crippen LogP contribution in [0.2, 0.25) is 0 Å². The van der Waals surface area contributed by atoms with Crippen molar-refractivity contribution in [1.82, 2.24) is 5.32 Å². The molecule has 1 N–H and O–H groups in total. The van der Waals surface area contributed by atoms with E-state index in [4.69, 9.17) is 0 Å². The van der Waals surface area contributed by atoms with Gasteiger partial charge in [0.05, 0.1) is 0 Å². The summed E-state index contributed by atoms with van der Waals surface area (Å²) in [6.45, 7) is 6.80. The molecule has 3 rings (SSSR count). The summed E-state index contributed by atoms with van der Waals surface area (Å²) in [4.78, 5) is 2.57. The van der Waals surface area contributed by atoms with E-state index in [1.165, 1.54) is 37.1 Å². The number of rotatable bonds is 2. The lowest BCUT2D eigenvalue weighted by Crippen LogP contribution is -2.37. The molecule has 2 aliphatic rings. The molecule has 1 aromatic rings. The van der Waals surface area contributed by atoms with E-state index >= 15 is 0 Å². The highest BCUT2D eigenvalue weighted by Gasteiger charge is 2.17. The fourth-order valence-electron chi connectivity index (χ4n) is 2.88. The van der Waals surface area contributed by atoms with Gasteiger partial charge in [0.25, 0.3) is 0 Å². The van der Waals surface area contributed by atoms with Gasteiger partial charge in [-0.15, -0.1) is 0 Å². The molecule has 2 aliphatic heterocycles. The lowest BCUT2D eigenvalue weighted by atomic mass is 10.0. The standard InChI is InChI=1S/C16H22N2/c1-13(15-10-17-11-15)12-18-9-5-4-7-14-6-2-3-8-16(14)18/h2-3,6,8,17H,4-5,7,9-12H2,1H3. The second kappa shape index (κ2) is 5.15. The Balaban J connectivity index is 1.83. The van der Waals surface area contributed by atoms with Crippen molar-refractivity contribution in [2.45, 2.75) is 26.2 Å². The number of hydrogen-bond acceptors (Lipinski definition) is 2. The first kappa shape index (κ1) is 11.8. The predicted molar refractivity (Wildman–Crippen MR) is 77.2 cm³/mol. The maximum atomic E-state index is 3.33. The van der Waals surface area contributed by atoms with Crippen molar-refractivity contribution in [1.29, 1.82) is 0 Å². The minimum Gasteiger partial charge on any atom is -0.367 e. The third-order valence-corrected chi connectivity index (χ3v) is 4.16. The molecular weight excluding hydrogens is 220 g/mol. The van der Waals surface area contributed by atoms with Crippen molar-refractivity contribution in [3.05, 3.63) is 41.0 Å². The van der Waals surface area contributed by atoms with Gasteiger partial charge >= 0.3 is 0 Å². The first-order valence-corrected chi connectivity index (χ1v) is 7.05. The maximum absolute atomic E-state index is 3.33. The fraction of sp³-hybridized carbons (Fsp3) is 0.500. The van der Waals surface area contributed by atoms with Crippen molar-refractivity contribution in [3.63, 3.8) is 0 Å². The Morgan fingerprint density at radius 3 is 2.83 bits per heavy atom. The Labute approximate surface area is 110 Å². The molecule has 0 atom stereocenters. The molecule has 1 fully saturated rings. The highest BCUT2D eigenvalue weighted by Crippen LogP contribution is 2.27. The third kappa shape index (κ3) is 2.30.